The molecule has 0 fully saturated rings. The Kier molecular flexibility index (Phi) is 17.0. The van der Waals surface area contributed by atoms with Crippen molar-refractivity contribution in [2.45, 2.75) is 89.6 Å². The second-order valence-corrected chi connectivity index (χ2v) is 15.2. The summed E-state index contributed by atoms with van der Waals surface area (Å²) in [7, 11) is 0. The summed E-state index contributed by atoms with van der Waals surface area (Å²) in [6.45, 7) is 3.65. The number of ether oxygens (including phenoxy) is 4. The van der Waals surface area contributed by atoms with Gasteiger partial charge in [0.2, 0.25) is 0 Å². The lowest BCUT2D eigenvalue weighted by Gasteiger charge is -2.21. The molecule has 4 aromatic rings. The molecule has 0 unspecified atom stereocenters. The van der Waals surface area contributed by atoms with Crippen molar-refractivity contribution in [3.63, 3.8) is 0 Å². The van der Waals surface area contributed by atoms with Crippen molar-refractivity contribution in [2.24, 2.45) is 0 Å². The van der Waals surface area contributed by atoms with Gasteiger partial charge in [-0.2, -0.15) is 0 Å². The molecule has 0 bridgehead atoms. The number of esters is 4. The molecule has 4 aromatic carbocycles. The zero-order chi connectivity index (χ0) is 47.9. The van der Waals surface area contributed by atoms with Crippen LogP contribution in [0.1, 0.15) is 108 Å². The monoisotopic (exact) mass is 908 g/mol. The van der Waals surface area contributed by atoms with Gasteiger partial charge in [0.25, 0.3) is 22.7 Å². The summed E-state index contributed by atoms with van der Waals surface area (Å²) in [6, 6.07) is 20.1. The van der Waals surface area contributed by atoms with Gasteiger partial charge >= 0.3 is 23.9 Å². The van der Waals surface area contributed by atoms with Gasteiger partial charge in [0.05, 0.1) is 55.2 Å². The van der Waals surface area contributed by atoms with Crippen LogP contribution >= 0.6 is 0 Å². The van der Waals surface area contributed by atoms with Crippen molar-refractivity contribution >= 4 is 46.6 Å². The molecule has 66 heavy (non-hydrogen) atoms. The molecule has 0 saturated heterocycles. The maximum atomic E-state index is 12.9. The molecule has 2 aliphatic heterocycles. The topological polar surface area (TPSA) is 278 Å². The highest BCUT2D eigenvalue weighted by Crippen LogP contribution is 2.32. The molecule has 0 aromatic heterocycles. The zero-order valence-corrected chi connectivity index (χ0v) is 35.7. The molecule has 0 radical (unpaired) electrons. The molecule has 0 aliphatic carbocycles. The Morgan fingerprint density at radius 2 is 0.879 bits per heavy atom. The molecule has 0 saturated carbocycles. The number of carbonyl (C=O) groups is 4. The number of non-ortho nitro benzene ring substituents is 4. The number of rotatable bonds is 8. The van der Waals surface area contributed by atoms with Crippen LogP contribution < -0.4 is 0 Å². The fourth-order valence-electron chi connectivity index (χ4n) is 7.20. The number of hydrogen-bond acceptors (Lipinski definition) is 16. The van der Waals surface area contributed by atoms with Crippen molar-refractivity contribution in [3.05, 3.63) is 183 Å². The molecule has 4 atom stereocenters. The van der Waals surface area contributed by atoms with E-state index in [2.05, 4.69) is 0 Å². The number of nitro benzene ring substituents is 4. The van der Waals surface area contributed by atoms with Crippen LogP contribution in [0.3, 0.4) is 0 Å². The highest BCUT2D eigenvalue weighted by Gasteiger charge is 2.27. The van der Waals surface area contributed by atoms with E-state index in [1.54, 1.807) is 12.1 Å². The number of hydrogen-bond donors (Lipinski definition) is 0. The Morgan fingerprint density at radius 1 is 0.545 bits per heavy atom. The van der Waals surface area contributed by atoms with E-state index in [0.717, 1.165) is 71.5 Å². The van der Waals surface area contributed by atoms with E-state index >= 15 is 0 Å². The van der Waals surface area contributed by atoms with Crippen LogP contribution in [0, 0.1) is 40.5 Å². The molecule has 0 amide bonds. The Morgan fingerprint density at radius 3 is 1.21 bits per heavy atom. The third-order valence-corrected chi connectivity index (χ3v) is 10.4. The summed E-state index contributed by atoms with van der Waals surface area (Å²) in [5.41, 5.74) is 0.390. The SMILES string of the molecule is C[C@@H]1CCCc2ccccc2[C@@H](OC(=O)c2cc([N+](=O)[O-])cc([N+](=O)[O-])c2)C/C=C/C(=O)O1.C[C@H]1CCCc2ccccc2[C@H](OC(=O)c2cc([N+](=O)[O-])cc([N+](=O)[O-])c2)C/C=C/C(=O)O1. The molecular weight excluding hydrogens is 865 g/mol. The number of aryl methyl sites for hydroxylation is 2. The van der Waals surface area contributed by atoms with Gasteiger partial charge in [0, 0.05) is 49.3 Å². The van der Waals surface area contributed by atoms with Crippen molar-refractivity contribution in [1.29, 1.82) is 0 Å². The maximum Gasteiger partial charge on any atom is 0.339 e. The predicted octanol–water partition coefficient (Wildman–Crippen LogP) is 9.23. The minimum absolute atomic E-state index is 0.142. The fourth-order valence-corrected chi connectivity index (χ4v) is 7.20. The van der Waals surface area contributed by atoms with Crippen molar-refractivity contribution in [3.8, 4) is 0 Å². The zero-order valence-electron chi connectivity index (χ0n) is 35.7. The van der Waals surface area contributed by atoms with Gasteiger partial charge < -0.3 is 18.9 Å². The van der Waals surface area contributed by atoms with Gasteiger partial charge in [-0.3, -0.25) is 40.5 Å². The van der Waals surface area contributed by atoms with E-state index in [9.17, 15) is 59.6 Å². The van der Waals surface area contributed by atoms with E-state index < -0.39 is 78.5 Å². The summed E-state index contributed by atoms with van der Waals surface area (Å²) in [5.74, 6) is -2.90. The molecule has 20 nitrogen and oxygen atoms in total. The first-order chi connectivity index (χ1) is 31.5. The fraction of sp³-hybridized carbons (Fsp3) is 0.304. The lowest BCUT2D eigenvalue weighted by atomic mass is 9.95. The Balaban J connectivity index is 0.000000247. The average molecular weight is 909 g/mol. The van der Waals surface area contributed by atoms with Gasteiger partial charge in [-0.1, -0.05) is 60.7 Å². The second kappa shape index (κ2) is 23.0. The first-order valence-corrected chi connectivity index (χ1v) is 20.7. The number of nitrogens with zero attached hydrogens (tertiary/aromatic N) is 4. The lowest BCUT2D eigenvalue weighted by molar-refractivity contribution is -0.394. The first kappa shape index (κ1) is 48.9. The van der Waals surface area contributed by atoms with Crippen LogP contribution in [-0.4, -0.2) is 55.8 Å². The Labute approximate surface area is 376 Å². The van der Waals surface area contributed by atoms with Gasteiger partial charge in [-0.25, -0.2) is 19.2 Å². The largest absolute Gasteiger partial charge is 0.460 e. The molecule has 2 aliphatic rings. The van der Waals surface area contributed by atoms with Gasteiger partial charge in [-0.15, -0.1) is 0 Å². The molecule has 0 N–H and O–H groups in total. The summed E-state index contributed by atoms with van der Waals surface area (Å²) < 4.78 is 21.9. The number of nitro groups is 4. The van der Waals surface area contributed by atoms with Crippen molar-refractivity contribution in [2.75, 3.05) is 0 Å². The molecule has 20 heteroatoms. The van der Waals surface area contributed by atoms with Crippen molar-refractivity contribution < 1.29 is 57.8 Å². The van der Waals surface area contributed by atoms with Crippen molar-refractivity contribution in [1.82, 2.24) is 0 Å². The van der Waals surface area contributed by atoms with Crippen LogP contribution in [0.4, 0.5) is 22.7 Å². The van der Waals surface area contributed by atoms with Crippen LogP contribution in [0.25, 0.3) is 0 Å². The quantitative estimate of drug-likeness (QED) is 0.0689. The minimum atomic E-state index is -0.946. The molecule has 2 heterocycles. The van der Waals surface area contributed by atoms with Gasteiger partial charge in [0.1, 0.15) is 12.2 Å². The molecule has 344 valence electrons. The minimum Gasteiger partial charge on any atom is -0.460 e. The highest BCUT2D eigenvalue weighted by atomic mass is 16.6. The van der Waals surface area contributed by atoms with Crippen LogP contribution in [-0.2, 0) is 41.4 Å². The number of cyclic esters (lactones) is 2. The molecular formula is C46H44N4O16. The Hall–Kier alpha value is -8.16. The van der Waals surface area contributed by atoms with E-state index in [0.29, 0.717) is 25.7 Å². The second-order valence-electron chi connectivity index (χ2n) is 15.2. The Bertz CT molecular complexity index is 2330. The lowest BCUT2D eigenvalue weighted by Crippen LogP contribution is -2.16. The van der Waals surface area contributed by atoms with E-state index in [4.69, 9.17) is 18.9 Å². The van der Waals surface area contributed by atoms with Gasteiger partial charge in [0.15, 0.2) is 0 Å². The van der Waals surface area contributed by atoms with Crippen LogP contribution in [0.5, 0.6) is 0 Å². The predicted molar refractivity (Wildman–Crippen MR) is 233 cm³/mol. The number of fused-ring (bicyclic) bond motifs is 2. The van der Waals surface area contributed by atoms with E-state index in [1.165, 1.54) is 24.3 Å². The molecule has 0 spiro atoms. The first-order valence-electron chi connectivity index (χ1n) is 20.7. The summed E-state index contributed by atoms with van der Waals surface area (Å²) in [5, 5.41) is 44.6. The third-order valence-electron chi connectivity index (χ3n) is 10.4. The van der Waals surface area contributed by atoms with E-state index in [-0.39, 0.29) is 36.2 Å². The van der Waals surface area contributed by atoms with Crippen LogP contribution in [0.2, 0.25) is 0 Å². The standard InChI is InChI=1S/2C23H22N2O8/c2*1-15-6-4-8-16-7-2-3-9-20(16)21(10-5-11-22(26)32-15)33-23(27)17-12-18(24(28)29)14-19(13-17)25(30)31/h2*2-3,5,7,9,11-15,21H,4,6,8,10H2,1H3/b2*11-5+/t2*15-,21+/m10/s1. The van der Waals surface area contributed by atoms with Crippen LogP contribution in [0.15, 0.2) is 109 Å². The smallest absolute Gasteiger partial charge is 0.339 e. The highest BCUT2D eigenvalue weighted by molar-refractivity contribution is 5.92. The maximum absolute atomic E-state index is 12.9. The summed E-state index contributed by atoms with van der Waals surface area (Å²) >= 11 is 0. The third kappa shape index (κ3) is 13.9. The molecule has 6 rings (SSSR count). The number of carbonyl (C=O) groups excluding carboxylic acids is 4. The summed E-state index contributed by atoms with van der Waals surface area (Å²) in [6.07, 6.45) is 7.93. The van der Waals surface area contributed by atoms with E-state index in [1.807, 2.05) is 50.2 Å². The number of benzene rings is 4. The average Bonchev–Trinajstić information content (AvgIpc) is 3.27. The normalized spacial score (nSPS) is 19.7. The van der Waals surface area contributed by atoms with Gasteiger partial charge in [-0.05, 0) is 74.6 Å². The summed E-state index contributed by atoms with van der Waals surface area (Å²) in [4.78, 5) is 91.0.